The molecule has 5 heteroatoms. The first kappa shape index (κ1) is 16.1. The van der Waals surface area contributed by atoms with Crippen molar-refractivity contribution in [3.8, 4) is 0 Å². The first-order chi connectivity index (χ1) is 10.5. The Bertz CT molecular complexity index is 641. The van der Waals surface area contributed by atoms with E-state index in [-0.39, 0.29) is 18.6 Å². The molecule has 1 unspecified atom stereocenters. The summed E-state index contributed by atoms with van der Waals surface area (Å²) in [5.74, 6) is -1.97. The molecule has 0 aliphatic carbocycles. The highest BCUT2D eigenvalue weighted by molar-refractivity contribution is 5.83. The maximum atomic E-state index is 13.5. The minimum absolute atomic E-state index is 0.194. The molecule has 0 aliphatic rings. The molecule has 0 radical (unpaired) electrons. The number of halogens is 2. The molecule has 0 aliphatic heterocycles. The van der Waals surface area contributed by atoms with E-state index in [0.717, 1.165) is 23.8 Å². The number of rotatable bonds is 5. The summed E-state index contributed by atoms with van der Waals surface area (Å²) in [6.45, 7) is 3.50. The van der Waals surface area contributed by atoms with Gasteiger partial charge in [-0.1, -0.05) is 6.07 Å². The maximum Gasteiger partial charge on any atom is 0.316 e. The maximum absolute atomic E-state index is 13.5. The lowest BCUT2D eigenvalue weighted by Crippen LogP contribution is -2.37. The highest BCUT2D eigenvalue weighted by Crippen LogP contribution is 2.31. The number of hydrogen-bond donors (Lipinski definition) is 0. The van der Waals surface area contributed by atoms with E-state index in [0.29, 0.717) is 0 Å². The summed E-state index contributed by atoms with van der Waals surface area (Å²) in [6.07, 6.45) is 3.47. The first-order valence-corrected chi connectivity index (χ1v) is 6.98. The number of nitrogens with zero attached hydrogens (tertiary/aromatic N) is 1. The van der Waals surface area contributed by atoms with Gasteiger partial charge in [0.05, 0.1) is 12.0 Å². The zero-order valence-electron chi connectivity index (χ0n) is 12.5. The van der Waals surface area contributed by atoms with Crippen LogP contribution < -0.4 is 0 Å². The van der Waals surface area contributed by atoms with Crippen molar-refractivity contribution in [3.63, 3.8) is 0 Å². The smallest absolute Gasteiger partial charge is 0.316 e. The molecule has 1 heterocycles. The van der Waals surface area contributed by atoms with E-state index < -0.39 is 23.0 Å². The molecule has 2 rings (SSSR count). The average molecular weight is 305 g/mol. The molecule has 0 bridgehead atoms. The van der Waals surface area contributed by atoms with E-state index in [4.69, 9.17) is 4.74 Å². The normalized spacial score (nSPS) is 13.5. The van der Waals surface area contributed by atoms with Gasteiger partial charge in [-0.05, 0) is 49.6 Å². The Hall–Kier alpha value is -2.30. The highest BCUT2D eigenvalue weighted by atomic mass is 19.1. The van der Waals surface area contributed by atoms with Crippen LogP contribution in [-0.4, -0.2) is 17.6 Å². The number of pyridine rings is 1. The molecule has 0 N–H and O–H groups in total. The molecule has 3 nitrogen and oxygen atoms in total. The molecule has 2 aromatic rings. The first-order valence-electron chi connectivity index (χ1n) is 6.98. The summed E-state index contributed by atoms with van der Waals surface area (Å²) in [6, 6.07) is 6.65. The van der Waals surface area contributed by atoms with Gasteiger partial charge in [0, 0.05) is 18.5 Å². The van der Waals surface area contributed by atoms with Crippen LogP contribution in [0.3, 0.4) is 0 Å². The van der Waals surface area contributed by atoms with Gasteiger partial charge in [-0.15, -0.1) is 0 Å². The number of carbonyl (C=O) groups excluding carboxylic acids is 1. The summed E-state index contributed by atoms with van der Waals surface area (Å²) in [5, 5.41) is 0. The lowest BCUT2D eigenvalue weighted by atomic mass is 9.77. The lowest BCUT2D eigenvalue weighted by molar-refractivity contribution is -0.149. The van der Waals surface area contributed by atoms with Gasteiger partial charge < -0.3 is 4.74 Å². The summed E-state index contributed by atoms with van der Waals surface area (Å²) >= 11 is 0. The van der Waals surface area contributed by atoms with E-state index in [1.807, 2.05) is 0 Å². The van der Waals surface area contributed by atoms with E-state index in [1.54, 1.807) is 38.4 Å². The standard InChI is InChI=1S/C17H17F2NO2/c1-3-22-16(21)17(2,10-12-5-4-6-20-11-12)13-7-14(18)9-15(19)8-13/h4-9,11H,3,10H2,1-2H3. The monoisotopic (exact) mass is 305 g/mol. The fourth-order valence-electron chi connectivity index (χ4n) is 2.37. The van der Waals surface area contributed by atoms with E-state index >= 15 is 0 Å². The number of ether oxygens (including phenoxy) is 1. The number of benzene rings is 1. The van der Waals surface area contributed by atoms with Gasteiger partial charge in [0.15, 0.2) is 0 Å². The third-order valence-corrected chi connectivity index (χ3v) is 3.51. The summed E-state index contributed by atoms with van der Waals surface area (Å²) < 4.78 is 32.2. The number of aromatic nitrogens is 1. The van der Waals surface area contributed by atoms with Crippen molar-refractivity contribution in [2.24, 2.45) is 0 Å². The van der Waals surface area contributed by atoms with Crippen molar-refractivity contribution >= 4 is 5.97 Å². The quantitative estimate of drug-likeness (QED) is 0.795. The summed E-state index contributed by atoms with van der Waals surface area (Å²) in [7, 11) is 0. The van der Waals surface area contributed by atoms with Crippen molar-refractivity contribution in [1.29, 1.82) is 0 Å². The number of esters is 1. The Morgan fingerprint density at radius 1 is 1.27 bits per heavy atom. The minimum atomic E-state index is -1.19. The Balaban J connectivity index is 2.47. The van der Waals surface area contributed by atoms with Crippen LogP contribution >= 0.6 is 0 Å². The molecule has 0 fully saturated rings. The summed E-state index contributed by atoms with van der Waals surface area (Å²) in [4.78, 5) is 16.4. The van der Waals surface area contributed by atoms with Crippen LogP contribution in [0.2, 0.25) is 0 Å². The predicted octanol–water partition coefficient (Wildman–Crippen LogP) is 3.42. The Morgan fingerprint density at radius 3 is 2.50 bits per heavy atom. The second kappa shape index (κ2) is 6.64. The van der Waals surface area contributed by atoms with E-state index in [9.17, 15) is 13.6 Å². The fraction of sp³-hybridized carbons (Fsp3) is 0.294. The SMILES string of the molecule is CCOC(=O)C(C)(Cc1cccnc1)c1cc(F)cc(F)c1. The molecular formula is C17H17F2NO2. The molecule has 0 saturated carbocycles. The van der Waals surface area contributed by atoms with Crippen LogP contribution in [0.4, 0.5) is 8.78 Å². The van der Waals surface area contributed by atoms with Crippen molar-refractivity contribution in [1.82, 2.24) is 4.98 Å². The molecule has 0 spiro atoms. The molecule has 22 heavy (non-hydrogen) atoms. The lowest BCUT2D eigenvalue weighted by Gasteiger charge is -2.28. The van der Waals surface area contributed by atoms with Crippen LogP contribution in [-0.2, 0) is 21.4 Å². The minimum Gasteiger partial charge on any atom is -0.465 e. The average Bonchev–Trinajstić information content (AvgIpc) is 2.47. The Morgan fingerprint density at radius 2 is 1.95 bits per heavy atom. The third-order valence-electron chi connectivity index (χ3n) is 3.51. The van der Waals surface area contributed by atoms with Gasteiger partial charge in [-0.2, -0.15) is 0 Å². The van der Waals surface area contributed by atoms with Gasteiger partial charge >= 0.3 is 5.97 Å². The van der Waals surface area contributed by atoms with Crippen molar-refractivity contribution < 1.29 is 18.3 Å². The highest BCUT2D eigenvalue weighted by Gasteiger charge is 2.37. The number of carbonyl (C=O) groups is 1. The van der Waals surface area contributed by atoms with Crippen molar-refractivity contribution in [3.05, 3.63) is 65.5 Å². The van der Waals surface area contributed by atoms with E-state index in [2.05, 4.69) is 4.98 Å². The van der Waals surface area contributed by atoms with Crippen LogP contribution in [0.15, 0.2) is 42.7 Å². The van der Waals surface area contributed by atoms with Gasteiger partial charge in [-0.25, -0.2) is 8.78 Å². The zero-order chi connectivity index (χ0) is 16.2. The largest absolute Gasteiger partial charge is 0.465 e. The van der Waals surface area contributed by atoms with Crippen LogP contribution in [0, 0.1) is 11.6 Å². The third kappa shape index (κ3) is 3.47. The molecule has 1 atom stereocenters. The topological polar surface area (TPSA) is 39.2 Å². The van der Waals surface area contributed by atoms with Gasteiger partial charge in [0.2, 0.25) is 0 Å². The van der Waals surface area contributed by atoms with Crippen LogP contribution in [0.5, 0.6) is 0 Å². The number of hydrogen-bond acceptors (Lipinski definition) is 3. The van der Waals surface area contributed by atoms with Gasteiger partial charge in [-0.3, -0.25) is 9.78 Å². The second-order valence-corrected chi connectivity index (χ2v) is 5.25. The summed E-state index contributed by atoms with van der Waals surface area (Å²) in [5.41, 5.74) is -0.169. The molecule has 0 amide bonds. The molecule has 0 saturated heterocycles. The Labute approximate surface area is 128 Å². The van der Waals surface area contributed by atoms with Gasteiger partial charge in [0.1, 0.15) is 11.6 Å². The molecular weight excluding hydrogens is 288 g/mol. The van der Waals surface area contributed by atoms with E-state index in [1.165, 1.54) is 0 Å². The van der Waals surface area contributed by atoms with Gasteiger partial charge in [0.25, 0.3) is 0 Å². The zero-order valence-corrected chi connectivity index (χ0v) is 12.5. The molecule has 1 aromatic carbocycles. The fourth-order valence-corrected chi connectivity index (χ4v) is 2.37. The Kier molecular flexibility index (Phi) is 4.85. The molecule has 1 aromatic heterocycles. The van der Waals surface area contributed by atoms with Crippen LogP contribution in [0.1, 0.15) is 25.0 Å². The second-order valence-electron chi connectivity index (χ2n) is 5.25. The van der Waals surface area contributed by atoms with Crippen molar-refractivity contribution in [2.75, 3.05) is 6.61 Å². The van der Waals surface area contributed by atoms with Crippen LogP contribution in [0.25, 0.3) is 0 Å². The predicted molar refractivity (Wildman–Crippen MR) is 78.3 cm³/mol. The molecule has 116 valence electrons. The van der Waals surface area contributed by atoms with Crippen molar-refractivity contribution in [2.45, 2.75) is 25.7 Å².